The van der Waals surface area contributed by atoms with Gasteiger partial charge in [-0.2, -0.15) is 16.3 Å². The number of rotatable bonds is 5. The number of aromatic nitrogens is 2. The lowest BCUT2D eigenvalue weighted by atomic mass is 10.1. The predicted octanol–water partition coefficient (Wildman–Crippen LogP) is 4.26. The summed E-state index contributed by atoms with van der Waals surface area (Å²) in [7, 11) is 2.91. The Balaban J connectivity index is 1.94. The number of ether oxygens (including phenoxy) is 2. The highest BCUT2D eigenvalue weighted by Gasteiger charge is 2.14. The van der Waals surface area contributed by atoms with Crippen molar-refractivity contribution in [1.82, 2.24) is 10.1 Å². The van der Waals surface area contributed by atoms with E-state index in [0.717, 1.165) is 5.56 Å². The van der Waals surface area contributed by atoms with Gasteiger partial charge in [-0.25, -0.2) is 0 Å². The van der Waals surface area contributed by atoms with E-state index in [-0.39, 0.29) is 28.2 Å². The summed E-state index contributed by atoms with van der Waals surface area (Å²) in [5, 5.41) is 17.9. The van der Waals surface area contributed by atoms with Crippen molar-refractivity contribution in [3.05, 3.63) is 40.4 Å². The molecule has 24 heavy (non-hydrogen) atoms. The molecule has 3 rings (SSSR count). The van der Waals surface area contributed by atoms with Gasteiger partial charge in [0.2, 0.25) is 11.6 Å². The Kier molecular flexibility index (Phi) is 4.73. The second kappa shape index (κ2) is 6.94. The third kappa shape index (κ3) is 3.22. The van der Waals surface area contributed by atoms with Crippen molar-refractivity contribution in [2.75, 3.05) is 14.2 Å². The zero-order chi connectivity index (χ0) is 17.1. The van der Waals surface area contributed by atoms with Crippen molar-refractivity contribution >= 4 is 34.0 Å². The predicted molar refractivity (Wildman–Crippen MR) is 92.5 cm³/mol. The fourth-order valence-electron chi connectivity index (χ4n) is 2.03. The van der Waals surface area contributed by atoms with Gasteiger partial charge in [0.25, 0.3) is 5.89 Å². The molecule has 0 amide bonds. The molecule has 6 nitrogen and oxygen atoms in total. The summed E-state index contributed by atoms with van der Waals surface area (Å²) in [4.78, 5) is 4.27. The first kappa shape index (κ1) is 16.4. The molecule has 2 aromatic heterocycles. The molecule has 1 aromatic carbocycles. The van der Waals surface area contributed by atoms with Gasteiger partial charge in [-0.3, -0.25) is 0 Å². The minimum Gasteiger partial charge on any atom is -0.502 e. The second-order valence-electron chi connectivity index (χ2n) is 4.70. The molecular formula is C16H13ClN2O4S. The van der Waals surface area contributed by atoms with E-state index in [2.05, 4.69) is 10.1 Å². The monoisotopic (exact) mass is 364 g/mol. The third-order valence-electron chi connectivity index (χ3n) is 3.21. The maximum Gasteiger partial charge on any atom is 0.269 e. The zero-order valence-electron chi connectivity index (χ0n) is 12.8. The Bertz CT molecular complexity index is 849. The van der Waals surface area contributed by atoms with Crippen LogP contribution in [0.25, 0.3) is 22.5 Å². The van der Waals surface area contributed by atoms with Crippen molar-refractivity contribution < 1.29 is 19.1 Å². The lowest BCUT2D eigenvalue weighted by Crippen LogP contribution is -1.90. The molecule has 0 fully saturated rings. The molecule has 0 radical (unpaired) electrons. The number of nitrogens with zero attached hydrogens (tertiary/aromatic N) is 2. The summed E-state index contributed by atoms with van der Waals surface area (Å²) in [6.07, 6.45) is 1.62. The van der Waals surface area contributed by atoms with Crippen molar-refractivity contribution in [1.29, 1.82) is 0 Å². The summed E-state index contributed by atoms with van der Waals surface area (Å²) in [5.41, 5.74) is 1.52. The van der Waals surface area contributed by atoms with Crippen LogP contribution in [-0.4, -0.2) is 29.5 Å². The minimum atomic E-state index is -0.0780. The van der Waals surface area contributed by atoms with Crippen LogP contribution >= 0.6 is 22.9 Å². The number of benzene rings is 1. The molecule has 0 atom stereocenters. The Labute approximate surface area is 146 Å². The number of halogens is 1. The van der Waals surface area contributed by atoms with Crippen molar-refractivity contribution in [3.63, 3.8) is 0 Å². The molecule has 3 aromatic rings. The maximum absolute atomic E-state index is 9.93. The minimum absolute atomic E-state index is 0.0780. The Morgan fingerprint density at radius 2 is 2.00 bits per heavy atom. The van der Waals surface area contributed by atoms with Crippen LogP contribution in [0.4, 0.5) is 0 Å². The van der Waals surface area contributed by atoms with Crippen LogP contribution in [0.2, 0.25) is 0 Å². The topological polar surface area (TPSA) is 77.6 Å². The van der Waals surface area contributed by atoms with Crippen LogP contribution < -0.4 is 9.47 Å². The van der Waals surface area contributed by atoms with E-state index in [0.29, 0.717) is 11.4 Å². The van der Waals surface area contributed by atoms with Gasteiger partial charge in [-0.1, -0.05) is 16.8 Å². The average molecular weight is 365 g/mol. The number of phenols is 1. The highest BCUT2D eigenvalue weighted by molar-refractivity contribution is 7.08. The van der Waals surface area contributed by atoms with Crippen LogP contribution in [0.15, 0.2) is 33.5 Å². The van der Waals surface area contributed by atoms with E-state index >= 15 is 0 Å². The molecule has 0 spiro atoms. The summed E-state index contributed by atoms with van der Waals surface area (Å²) in [5.74, 6) is 1.14. The molecule has 0 unspecified atom stereocenters. The standard InChI is InChI=1S/C16H13ClN2O4S/c1-21-12-6-9(7-13(22-2)14(12)20)5-11(17)16-18-15(19-23-16)10-3-4-24-8-10/h3-8,20H,1-2H3/b11-5-. The number of methoxy groups -OCH3 is 2. The van der Waals surface area contributed by atoms with E-state index in [1.807, 2.05) is 16.8 Å². The quantitative estimate of drug-likeness (QED) is 0.728. The van der Waals surface area contributed by atoms with Crippen LogP contribution in [0, 0.1) is 0 Å². The smallest absolute Gasteiger partial charge is 0.269 e. The molecule has 0 aliphatic heterocycles. The number of aromatic hydroxyl groups is 1. The summed E-state index contributed by atoms with van der Waals surface area (Å²) in [6.45, 7) is 0. The van der Waals surface area contributed by atoms with Crippen molar-refractivity contribution in [2.45, 2.75) is 0 Å². The first-order valence-corrected chi connectivity index (χ1v) is 8.13. The SMILES string of the molecule is COc1cc(/C=C(\Cl)c2nc(-c3ccsc3)no2)cc(OC)c1O. The number of hydrogen-bond acceptors (Lipinski definition) is 7. The number of hydrogen-bond donors (Lipinski definition) is 1. The third-order valence-corrected chi connectivity index (χ3v) is 4.16. The van der Waals surface area contributed by atoms with Gasteiger partial charge in [-0.15, -0.1) is 0 Å². The summed E-state index contributed by atoms with van der Waals surface area (Å²) in [6, 6.07) is 5.14. The normalized spacial score (nSPS) is 11.5. The summed E-state index contributed by atoms with van der Waals surface area (Å²) < 4.78 is 15.4. The molecule has 2 heterocycles. The fourth-order valence-corrected chi connectivity index (χ4v) is 2.87. The van der Waals surface area contributed by atoms with Gasteiger partial charge in [-0.05, 0) is 35.2 Å². The van der Waals surface area contributed by atoms with Crippen LogP contribution in [0.1, 0.15) is 11.5 Å². The van der Waals surface area contributed by atoms with Gasteiger partial charge >= 0.3 is 0 Å². The maximum atomic E-state index is 9.93. The van der Waals surface area contributed by atoms with Gasteiger partial charge in [0, 0.05) is 10.9 Å². The second-order valence-corrected chi connectivity index (χ2v) is 5.89. The van der Waals surface area contributed by atoms with Gasteiger partial charge in [0.15, 0.2) is 11.5 Å². The summed E-state index contributed by atoms with van der Waals surface area (Å²) >= 11 is 7.81. The lowest BCUT2D eigenvalue weighted by molar-refractivity contribution is 0.340. The lowest BCUT2D eigenvalue weighted by Gasteiger charge is -2.09. The molecule has 0 bridgehead atoms. The Morgan fingerprint density at radius 1 is 1.29 bits per heavy atom. The first-order valence-electron chi connectivity index (χ1n) is 6.81. The molecule has 0 aliphatic rings. The van der Waals surface area contributed by atoms with Gasteiger partial charge in [0.05, 0.1) is 14.2 Å². The molecule has 0 aliphatic carbocycles. The average Bonchev–Trinajstić information content (AvgIpc) is 3.27. The highest BCUT2D eigenvalue weighted by atomic mass is 35.5. The Morgan fingerprint density at radius 3 is 2.58 bits per heavy atom. The van der Waals surface area contributed by atoms with Crippen LogP contribution in [-0.2, 0) is 0 Å². The largest absolute Gasteiger partial charge is 0.502 e. The van der Waals surface area contributed by atoms with E-state index in [1.54, 1.807) is 29.5 Å². The van der Waals surface area contributed by atoms with Crippen molar-refractivity contribution in [2.24, 2.45) is 0 Å². The van der Waals surface area contributed by atoms with Crippen LogP contribution in [0.3, 0.4) is 0 Å². The zero-order valence-corrected chi connectivity index (χ0v) is 14.4. The van der Waals surface area contributed by atoms with E-state index in [9.17, 15) is 5.11 Å². The molecule has 8 heteroatoms. The van der Waals surface area contributed by atoms with Gasteiger partial charge in [0.1, 0.15) is 5.03 Å². The highest BCUT2D eigenvalue weighted by Crippen LogP contribution is 2.38. The number of thiophene rings is 1. The molecular weight excluding hydrogens is 352 g/mol. The Hall–Kier alpha value is -2.51. The number of phenolic OH excluding ortho intramolecular Hbond substituents is 1. The molecule has 0 saturated carbocycles. The van der Waals surface area contributed by atoms with E-state index in [1.165, 1.54) is 14.2 Å². The van der Waals surface area contributed by atoms with Crippen LogP contribution in [0.5, 0.6) is 17.2 Å². The molecule has 1 N–H and O–H groups in total. The van der Waals surface area contributed by atoms with E-state index in [4.69, 9.17) is 25.6 Å². The fraction of sp³-hybridized carbons (Fsp3) is 0.125. The van der Waals surface area contributed by atoms with E-state index < -0.39 is 0 Å². The van der Waals surface area contributed by atoms with Gasteiger partial charge < -0.3 is 19.1 Å². The van der Waals surface area contributed by atoms with Crippen molar-refractivity contribution in [3.8, 4) is 28.6 Å². The molecule has 124 valence electrons. The molecule has 0 saturated heterocycles. The first-order chi connectivity index (χ1) is 11.6.